The van der Waals surface area contributed by atoms with E-state index in [1.54, 1.807) is 24.3 Å². The summed E-state index contributed by atoms with van der Waals surface area (Å²) < 4.78 is 4.52. The Kier molecular flexibility index (Phi) is 2.95. The number of halogens is 2. The van der Waals surface area contributed by atoms with Crippen molar-refractivity contribution in [2.75, 3.05) is 0 Å². The molecule has 0 radical (unpaired) electrons. The maximum absolute atomic E-state index is 11.4. The van der Waals surface area contributed by atoms with Crippen LogP contribution in [0.4, 0.5) is 0 Å². The van der Waals surface area contributed by atoms with E-state index in [2.05, 4.69) is 0 Å². The van der Waals surface area contributed by atoms with E-state index in [1.165, 1.54) is 6.42 Å². The predicted octanol–water partition coefficient (Wildman–Crippen LogP) is 3.52. The lowest BCUT2D eigenvalue weighted by Gasteiger charge is -2.26. The molecule has 1 aromatic rings. The summed E-state index contributed by atoms with van der Waals surface area (Å²) in [5, 5.41) is 9.35. The van der Waals surface area contributed by atoms with Crippen molar-refractivity contribution in [1.82, 2.24) is 0 Å². The molecule has 2 fully saturated rings. The molecule has 102 valence electrons. The van der Waals surface area contributed by atoms with Gasteiger partial charge in [0.25, 0.3) is 0 Å². The third-order valence-electron chi connectivity index (χ3n) is 4.05. The smallest absolute Gasteiger partial charge is 0.317 e. The van der Waals surface area contributed by atoms with E-state index < -0.39 is 15.7 Å². The second-order valence-electron chi connectivity index (χ2n) is 5.29. The van der Waals surface area contributed by atoms with E-state index in [0.717, 1.165) is 18.6 Å². The van der Waals surface area contributed by atoms with Crippen molar-refractivity contribution in [2.45, 2.75) is 41.5 Å². The van der Waals surface area contributed by atoms with E-state index in [-0.39, 0.29) is 6.42 Å². The molecule has 0 saturated heterocycles. The van der Waals surface area contributed by atoms with Gasteiger partial charge in [0.15, 0.2) is 0 Å². The average molecular weight is 301 g/mol. The fraction of sp³-hybridized carbons (Fsp3) is 0.500. The predicted molar refractivity (Wildman–Crippen MR) is 73.1 cm³/mol. The van der Waals surface area contributed by atoms with Gasteiger partial charge in [-0.3, -0.25) is 4.79 Å². The Morgan fingerprint density at radius 1 is 1.26 bits per heavy atom. The lowest BCUT2D eigenvalue weighted by atomic mass is 9.95. The molecule has 2 aliphatic carbocycles. The number of alkyl halides is 2. The molecule has 19 heavy (non-hydrogen) atoms. The SMILES string of the molecule is O=C(O)C1(c2ccc(OC3CCC3)cc2)CC1(Cl)Cl. The highest BCUT2D eigenvalue weighted by Crippen LogP contribution is 2.65. The summed E-state index contributed by atoms with van der Waals surface area (Å²) in [7, 11) is 0. The third-order valence-corrected chi connectivity index (χ3v) is 4.97. The van der Waals surface area contributed by atoms with Gasteiger partial charge in [0.2, 0.25) is 0 Å². The van der Waals surface area contributed by atoms with Gasteiger partial charge in [-0.2, -0.15) is 0 Å². The molecule has 3 nitrogen and oxygen atoms in total. The van der Waals surface area contributed by atoms with Gasteiger partial charge in [0, 0.05) is 6.42 Å². The number of carbonyl (C=O) groups is 1. The van der Waals surface area contributed by atoms with Gasteiger partial charge in [0.05, 0.1) is 6.10 Å². The fourth-order valence-electron chi connectivity index (χ4n) is 2.46. The van der Waals surface area contributed by atoms with E-state index in [1.807, 2.05) is 0 Å². The summed E-state index contributed by atoms with van der Waals surface area (Å²) >= 11 is 12.0. The summed E-state index contributed by atoms with van der Waals surface area (Å²) in [6.45, 7) is 0. The minimum absolute atomic E-state index is 0.237. The monoisotopic (exact) mass is 300 g/mol. The topological polar surface area (TPSA) is 46.5 Å². The first-order valence-electron chi connectivity index (χ1n) is 6.34. The van der Waals surface area contributed by atoms with Crippen LogP contribution in [-0.4, -0.2) is 21.5 Å². The maximum atomic E-state index is 11.4. The van der Waals surface area contributed by atoms with Gasteiger partial charge < -0.3 is 9.84 Å². The molecule has 2 saturated carbocycles. The molecular weight excluding hydrogens is 287 g/mol. The van der Waals surface area contributed by atoms with Crippen molar-refractivity contribution in [3.8, 4) is 5.75 Å². The summed E-state index contributed by atoms with van der Waals surface area (Å²) in [6.07, 6.45) is 3.94. The first-order chi connectivity index (χ1) is 8.96. The Bertz CT molecular complexity index is 508. The number of benzene rings is 1. The summed E-state index contributed by atoms with van der Waals surface area (Å²) in [5.74, 6) is -0.213. The molecule has 1 N–H and O–H groups in total. The van der Waals surface area contributed by atoms with E-state index in [9.17, 15) is 9.90 Å². The van der Waals surface area contributed by atoms with Crippen LogP contribution in [0.1, 0.15) is 31.2 Å². The van der Waals surface area contributed by atoms with Crippen LogP contribution >= 0.6 is 23.2 Å². The molecule has 0 bridgehead atoms. The van der Waals surface area contributed by atoms with Crippen LogP contribution in [0.5, 0.6) is 5.75 Å². The first kappa shape index (κ1) is 13.1. The van der Waals surface area contributed by atoms with Gasteiger partial charge in [0.1, 0.15) is 15.5 Å². The summed E-state index contributed by atoms with van der Waals surface area (Å²) in [5.41, 5.74) is -0.545. The Balaban J connectivity index is 1.80. The van der Waals surface area contributed by atoms with Gasteiger partial charge >= 0.3 is 5.97 Å². The van der Waals surface area contributed by atoms with Crippen LogP contribution < -0.4 is 4.74 Å². The van der Waals surface area contributed by atoms with Crippen molar-refractivity contribution in [3.05, 3.63) is 29.8 Å². The number of carboxylic acids is 1. The fourth-order valence-corrected chi connectivity index (χ4v) is 3.24. The molecule has 1 aromatic carbocycles. The Morgan fingerprint density at radius 3 is 2.21 bits per heavy atom. The Hall–Kier alpha value is -0.930. The second kappa shape index (κ2) is 4.29. The van der Waals surface area contributed by atoms with Crippen LogP contribution in [0.25, 0.3) is 0 Å². The third kappa shape index (κ3) is 2.00. The van der Waals surface area contributed by atoms with Crippen molar-refractivity contribution >= 4 is 29.2 Å². The lowest BCUT2D eigenvalue weighted by molar-refractivity contribution is -0.140. The normalized spacial score (nSPS) is 28.5. The molecule has 0 heterocycles. The molecule has 1 atom stereocenters. The van der Waals surface area contributed by atoms with Crippen LogP contribution in [-0.2, 0) is 10.2 Å². The van der Waals surface area contributed by atoms with E-state index >= 15 is 0 Å². The largest absolute Gasteiger partial charge is 0.490 e. The minimum Gasteiger partial charge on any atom is -0.490 e. The zero-order chi connectivity index (χ0) is 13.7. The zero-order valence-electron chi connectivity index (χ0n) is 10.2. The Labute approximate surface area is 121 Å². The van der Waals surface area contributed by atoms with Gasteiger partial charge in [-0.1, -0.05) is 35.3 Å². The number of ether oxygens (including phenoxy) is 1. The van der Waals surface area contributed by atoms with Crippen molar-refractivity contribution in [2.24, 2.45) is 0 Å². The van der Waals surface area contributed by atoms with Crippen molar-refractivity contribution < 1.29 is 14.6 Å². The quantitative estimate of drug-likeness (QED) is 0.866. The van der Waals surface area contributed by atoms with Crippen LogP contribution in [0.2, 0.25) is 0 Å². The van der Waals surface area contributed by atoms with Crippen LogP contribution in [0, 0.1) is 0 Å². The summed E-state index contributed by atoms with van der Waals surface area (Å²) in [6, 6.07) is 7.07. The van der Waals surface area contributed by atoms with E-state index in [0.29, 0.717) is 11.7 Å². The number of rotatable bonds is 4. The molecule has 1 unspecified atom stereocenters. The number of aliphatic carboxylic acids is 1. The Morgan fingerprint density at radius 2 is 1.84 bits per heavy atom. The molecular formula is C14H14Cl2O3. The van der Waals surface area contributed by atoms with Gasteiger partial charge in [-0.15, -0.1) is 0 Å². The van der Waals surface area contributed by atoms with Crippen molar-refractivity contribution in [1.29, 1.82) is 0 Å². The van der Waals surface area contributed by atoms with Crippen molar-refractivity contribution in [3.63, 3.8) is 0 Å². The highest BCUT2D eigenvalue weighted by Gasteiger charge is 2.72. The van der Waals surface area contributed by atoms with Gasteiger partial charge in [-0.05, 0) is 37.0 Å². The molecule has 0 amide bonds. The van der Waals surface area contributed by atoms with E-state index in [4.69, 9.17) is 27.9 Å². The van der Waals surface area contributed by atoms with Crippen LogP contribution in [0.15, 0.2) is 24.3 Å². The average Bonchev–Trinajstić information content (AvgIpc) is 2.90. The number of hydrogen-bond acceptors (Lipinski definition) is 2. The standard InChI is InChI=1S/C14H14Cl2O3/c15-14(16)8-13(14,12(17)18)9-4-6-11(7-5-9)19-10-2-1-3-10/h4-7,10H,1-3,8H2,(H,17,18). The zero-order valence-corrected chi connectivity index (χ0v) is 11.7. The number of carboxylic acid groups (broad SMARTS) is 1. The molecule has 2 aliphatic rings. The highest BCUT2D eigenvalue weighted by atomic mass is 35.5. The molecule has 0 aliphatic heterocycles. The molecule has 0 aromatic heterocycles. The molecule has 0 spiro atoms. The maximum Gasteiger partial charge on any atom is 0.317 e. The lowest BCUT2D eigenvalue weighted by Crippen LogP contribution is -2.26. The molecule has 3 rings (SSSR count). The van der Waals surface area contributed by atoms with Gasteiger partial charge in [-0.25, -0.2) is 0 Å². The van der Waals surface area contributed by atoms with Crippen LogP contribution in [0.3, 0.4) is 0 Å². The molecule has 5 heteroatoms. The highest BCUT2D eigenvalue weighted by molar-refractivity contribution is 6.54. The second-order valence-corrected chi connectivity index (χ2v) is 6.77. The number of hydrogen-bond donors (Lipinski definition) is 1. The first-order valence-corrected chi connectivity index (χ1v) is 7.10. The summed E-state index contributed by atoms with van der Waals surface area (Å²) in [4.78, 5) is 11.4. The minimum atomic E-state index is -1.21.